The van der Waals surface area contributed by atoms with Crippen LogP contribution in [0.4, 0.5) is 0 Å². The van der Waals surface area contributed by atoms with Crippen LogP contribution in [0.5, 0.6) is 5.75 Å². The molecule has 1 rings (SSSR count). The molecule has 0 aliphatic carbocycles. The molecule has 1 aromatic rings. The van der Waals surface area contributed by atoms with Crippen LogP contribution in [0.25, 0.3) is 0 Å². The van der Waals surface area contributed by atoms with Gasteiger partial charge in [0.05, 0.1) is 12.7 Å². The van der Waals surface area contributed by atoms with Gasteiger partial charge in [-0.05, 0) is 31.4 Å². The Hall–Kier alpha value is -1.25. The highest BCUT2D eigenvalue weighted by molar-refractivity contribution is 7.98. The predicted octanol–water partition coefficient (Wildman–Crippen LogP) is 1.42. The van der Waals surface area contributed by atoms with E-state index < -0.39 is 16.0 Å². The molecule has 0 bridgehead atoms. The SMILES string of the molecule is COc1cc(C(=O)O)ccc1S(=O)(=O)NC(C)CSC. The van der Waals surface area contributed by atoms with Crippen LogP contribution in [-0.4, -0.2) is 44.7 Å². The molecule has 2 N–H and O–H groups in total. The Kier molecular flexibility index (Phi) is 5.85. The number of sulfonamides is 1. The largest absolute Gasteiger partial charge is 0.495 e. The van der Waals surface area contributed by atoms with E-state index in [1.54, 1.807) is 6.92 Å². The average molecular weight is 319 g/mol. The van der Waals surface area contributed by atoms with Crippen molar-refractivity contribution in [1.29, 1.82) is 0 Å². The molecule has 1 aromatic carbocycles. The van der Waals surface area contributed by atoms with Crippen LogP contribution in [0.1, 0.15) is 17.3 Å². The number of thioether (sulfide) groups is 1. The van der Waals surface area contributed by atoms with Crippen molar-refractivity contribution in [2.24, 2.45) is 0 Å². The van der Waals surface area contributed by atoms with Gasteiger partial charge in [0.25, 0.3) is 0 Å². The van der Waals surface area contributed by atoms with Crippen LogP contribution in [0.2, 0.25) is 0 Å². The summed E-state index contributed by atoms with van der Waals surface area (Å²) >= 11 is 1.53. The predicted molar refractivity (Wildman–Crippen MR) is 78.1 cm³/mol. The van der Waals surface area contributed by atoms with Crippen molar-refractivity contribution in [2.45, 2.75) is 17.9 Å². The second kappa shape index (κ2) is 6.96. The minimum Gasteiger partial charge on any atom is -0.495 e. The molecule has 0 heterocycles. The van der Waals surface area contributed by atoms with Gasteiger partial charge in [0.1, 0.15) is 10.6 Å². The molecule has 8 heteroatoms. The Morgan fingerprint density at radius 1 is 1.50 bits per heavy atom. The van der Waals surface area contributed by atoms with Gasteiger partial charge in [-0.25, -0.2) is 17.9 Å². The van der Waals surface area contributed by atoms with Gasteiger partial charge in [-0.15, -0.1) is 0 Å². The topological polar surface area (TPSA) is 92.7 Å². The first-order chi connectivity index (χ1) is 9.31. The molecule has 6 nitrogen and oxygen atoms in total. The minimum absolute atomic E-state index is 0.00810. The highest BCUT2D eigenvalue weighted by atomic mass is 32.2. The van der Waals surface area contributed by atoms with Gasteiger partial charge < -0.3 is 9.84 Å². The fraction of sp³-hybridized carbons (Fsp3) is 0.417. The third-order valence-electron chi connectivity index (χ3n) is 2.47. The first kappa shape index (κ1) is 16.8. The molecule has 0 aromatic heterocycles. The Balaban J connectivity index is 3.15. The van der Waals surface area contributed by atoms with Crippen LogP contribution in [-0.2, 0) is 10.0 Å². The normalized spacial score (nSPS) is 12.9. The van der Waals surface area contributed by atoms with Gasteiger partial charge in [0.2, 0.25) is 10.0 Å². The summed E-state index contributed by atoms with van der Waals surface area (Å²) < 4.78 is 32.0. The number of hydrogen-bond donors (Lipinski definition) is 2. The first-order valence-electron chi connectivity index (χ1n) is 5.74. The lowest BCUT2D eigenvalue weighted by Crippen LogP contribution is -2.34. The van der Waals surface area contributed by atoms with E-state index >= 15 is 0 Å². The van der Waals surface area contributed by atoms with E-state index in [2.05, 4.69) is 4.72 Å². The summed E-state index contributed by atoms with van der Waals surface area (Å²) in [6.45, 7) is 1.76. The molecule has 1 atom stereocenters. The second-order valence-electron chi connectivity index (χ2n) is 4.15. The van der Waals surface area contributed by atoms with Gasteiger partial charge >= 0.3 is 5.97 Å². The third-order valence-corrected chi connectivity index (χ3v) is 4.94. The Bertz CT molecular complexity index is 586. The van der Waals surface area contributed by atoms with Crippen molar-refractivity contribution in [3.05, 3.63) is 23.8 Å². The summed E-state index contributed by atoms with van der Waals surface area (Å²) in [4.78, 5) is 10.8. The number of carbonyl (C=O) groups is 1. The number of rotatable bonds is 7. The molecule has 0 aliphatic heterocycles. The molecule has 0 radical (unpaired) electrons. The lowest BCUT2D eigenvalue weighted by Gasteiger charge is -2.15. The number of methoxy groups -OCH3 is 1. The lowest BCUT2D eigenvalue weighted by atomic mass is 10.2. The standard InChI is InChI=1S/C12H17NO5S2/c1-8(7-19-3)13-20(16,17)11-5-4-9(12(14)15)6-10(11)18-2/h4-6,8,13H,7H2,1-3H3,(H,14,15). The van der Waals surface area contributed by atoms with E-state index in [9.17, 15) is 13.2 Å². The quantitative estimate of drug-likeness (QED) is 0.789. The lowest BCUT2D eigenvalue weighted by molar-refractivity contribution is 0.0696. The number of aromatic carboxylic acids is 1. The molecular formula is C12H17NO5S2. The number of carboxylic acid groups (broad SMARTS) is 1. The zero-order chi connectivity index (χ0) is 15.3. The van der Waals surface area contributed by atoms with Crippen LogP contribution < -0.4 is 9.46 Å². The van der Waals surface area contributed by atoms with E-state index in [4.69, 9.17) is 9.84 Å². The fourth-order valence-corrected chi connectivity index (χ4v) is 3.72. The van der Waals surface area contributed by atoms with Crippen molar-refractivity contribution in [3.63, 3.8) is 0 Å². The van der Waals surface area contributed by atoms with Gasteiger partial charge in [0, 0.05) is 11.8 Å². The maximum Gasteiger partial charge on any atom is 0.335 e. The number of hydrogen-bond acceptors (Lipinski definition) is 5. The molecular weight excluding hydrogens is 302 g/mol. The van der Waals surface area contributed by atoms with Crippen molar-refractivity contribution >= 4 is 27.8 Å². The van der Waals surface area contributed by atoms with Gasteiger partial charge in [-0.1, -0.05) is 0 Å². The van der Waals surface area contributed by atoms with E-state index in [0.717, 1.165) is 0 Å². The molecule has 0 saturated carbocycles. The molecule has 0 spiro atoms. The van der Waals surface area contributed by atoms with E-state index in [-0.39, 0.29) is 22.3 Å². The molecule has 112 valence electrons. The van der Waals surface area contributed by atoms with E-state index in [0.29, 0.717) is 5.75 Å². The maximum absolute atomic E-state index is 12.2. The van der Waals surface area contributed by atoms with E-state index in [1.165, 1.54) is 37.1 Å². The van der Waals surface area contributed by atoms with Crippen molar-refractivity contribution in [2.75, 3.05) is 19.1 Å². The number of carboxylic acids is 1. The highest BCUT2D eigenvalue weighted by Gasteiger charge is 2.22. The first-order valence-corrected chi connectivity index (χ1v) is 8.62. The second-order valence-corrected chi connectivity index (χ2v) is 6.74. The van der Waals surface area contributed by atoms with Crippen LogP contribution in [0, 0.1) is 0 Å². The van der Waals surface area contributed by atoms with Crippen molar-refractivity contribution in [3.8, 4) is 5.75 Å². The summed E-state index contributed by atoms with van der Waals surface area (Å²) in [6, 6.07) is 3.42. The fourth-order valence-electron chi connectivity index (χ4n) is 1.63. The number of ether oxygens (including phenoxy) is 1. The zero-order valence-electron chi connectivity index (χ0n) is 11.4. The van der Waals surface area contributed by atoms with Crippen LogP contribution in [0.3, 0.4) is 0 Å². The Labute approximate surface area is 122 Å². The van der Waals surface area contributed by atoms with E-state index in [1.807, 2.05) is 6.26 Å². The van der Waals surface area contributed by atoms with Crippen molar-refractivity contribution < 1.29 is 23.1 Å². The molecule has 20 heavy (non-hydrogen) atoms. The van der Waals surface area contributed by atoms with Crippen LogP contribution >= 0.6 is 11.8 Å². The zero-order valence-corrected chi connectivity index (χ0v) is 13.0. The van der Waals surface area contributed by atoms with Gasteiger partial charge in [-0.3, -0.25) is 0 Å². The minimum atomic E-state index is -3.75. The summed E-state index contributed by atoms with van der Waals surface area (Å²) in [6.07, 6.45) is 1.88. The Morgan fingerprint density at radius 2 is 2.15 bits per heavy atom. The van der Waals surface area contributed by atoms with Gasteiger partial charge in [0.15, 0.2) is 0 Å². The van der Waals surface area contributed by atoms with Crippen LogP contribution in [0.15, 0.2) is 23.1 Å². The Morgan fingerprint density at radius 3 is 2.65 bits per heavy atom. The summed E-state index contributed by atoms with van der Waals surface area (Å²) in [5.74, 6) is -0.501. The monoisotopic (exact) mass is 319 g/mol. The summed E-state index contributed by atoms with van der Waals surface area (Å²) in [5, 5.41) is 8.89. The smallest absolute Gasteiger partial charge is 0.335 e. The molecule has 0 amide bonds. The summed E-state index contributed by atoms with van der Waals surface area (Å²) in [5.41, 5.74) is -0.0297. The third kappa shape index (κ3) is 4.12. The van der Waals surface area contributed by atoms with Crippen molar-refractivity contribution in [1.82, 2.24) is 4.72 Å². The number of nitrogens with one attached hydrogen (secondary N) is 1. The molecule has 0 fully saturated rings. The number of benzene rings is 1. The molecule has 1 unspecified atom stereocenters. The maximum atomic E-state index is 12.2. The average Bonchev–Trinajstić information content (AvgIpc) is 2.37. The molecule has 0 saturated heterocycles. The van der Waals surface area contributed by atoms with Gasteiger partial charge in [-0.2, -0.15) is 11.8 Å². The summed E-state index contributed by atoms with van der Waals surface area (Å²) in [7, 11) is -2.45. The highest BCUT2D eigenvalue weighted by Crippen LogP contribution is 2.25. The molecule has 0 aliphatic rings.